The van der Waals surface area contributed by atoms with Crippen LogP contribution in [0.1, 0.15) is 26.3 Å². The predicted molar refractivity (Wildman–Crippen MR) is 136 cm³/mol. The summed E-state index contributed by atoms with van der Waals surface area (Å²) in [6.07, 6.45) is 1.33. The standard InChI is InChI=1S/C24H32N4O7S/c1-17(2)25-24(30)18(3)26(14-13-19-9-7-6-8-10-19)23(29)16-27(36(5,33)34)21-15-20(28(31)32)11-12-22(21)35-4/h6-12,15,17-18H,13-14,16H2,1-5H3,(H,25,30). The first-order valence-electron chi connectivity index (χ1n) is 11.3. The minimum atomic E-state index is -4.07. The fourth-order valence-electron chi connectivity index (χ4n) is 3.56. The van der Waals surface area contributed by atoms with Crippen molar-refractivity contribution in [3.8, 4) is 5.75 Å². The molecule has 0 saturated carbocycles. The van der Waals surface area contributed by atoms with E-state index < -0.39 is 33.4 Å². The summed E-state index contributed by atoms with van der Waals surface area (Å²) in [5.74, 6) is -0.984. The van der Waals surface area contributed by atoms with Crippen LogP contribution in [0.4, 0.5) is 11.4 Å². The number of hydrogen-bond donors (Lipinski definition) is 1. The van der Waals surface area contributed by atoms with Crippen LogP contribution in [0.5, 0.6) is 5.75 Å². The number of amides is 2. The third kappa shape index (κ3) is 7.67. The van der Waals surface area contributed by atoms with Crippen LogP contribution in [0.25, 0.3) is 0 Å². The maximum absolute atomic E-state index is 13.5. The van der Waals surface area contributed by atoms with E-state index in [0.717, 1.165) is 22.2 Å². The first-order valence-corrected chi connectivity index (χ1v) is 13.1. The Kier molecular flexibility index (Phi) is 9.79. The van der Waals surface area contributed by atoms with Gasteiger partial charge in [-0.25, -0.2) is 8.42 Å². The van der Waals surface area contributed by atoms with Gasteiger partial charge in [-0.05, 0) is 38.8 Å². The summed E-state index contributed by atoms with van der Waals surface area (Å²) in [5, 5.41) is 14.1. The Morgan fingerprint density at radius 3 is 2.28 bits per heavy atom. The van der Waals surface area contributed by atoms with E-state index in [1.165, 1.54) is 24.1 Å². The molecule has 2 aromatic carbocycles. The fourth-order valence-corrected chi connectivity index (χ4v) is 4.40. The second kappa shape index (κ2) is 12.3. The summed E-state index contributed by atoms with van der Waals surface area (Å²) >= 11 is 0. The maximum Gasteiger partial charge on any atom is 0.271 e. The Hall–Kier alpha value is -3.67. The van der Waals surface area contributed by atoms with Gasteiger partial charge in [-0.15, -0.1) is 0 Å². The van der Waals surface area contributed by atoms with Crippen molar-refractivity contribution in [3.63, 3.8) is 0 Å². The number of hydrogen-bond acceptors (Lipinski definition) is 7. The van der Waals surface area contributed by atoms with Gasteiger partial charge < -0.3 is 15.0 Å². The average Bonchev–Trinajstić information content (AvgIpc) is 2.81. The lowest BCUT2D eigenvalue weighted by atomic mass is 10.1. The minimum absolute atomic E-state index is 0.0419. The van der Waals surface area contributed by atoms with Gasteiger partial charge in [-0.1, -0.05) is 30.3 Å². The third-order valence-electron chi connectivity index (χ3n) is 5.40. The quantitative estimate of drug-likeness (QED) is 0.335. The Morgan fingerprint density at radius 1 is 1.11 bits per heavy atom. The molecule has 0 aliphatic heterocycles. The molecule has 2 aromatic rings. The zero-order valence-electron chi connectivity index (χ0n) is 21.0. The van der Waals surface area contributed by atoms with Gasteiger partial charge in [0.2, 0.25) is 21.8 Å². The number of carbonyl (C=O) groups excluding carboxylic acids is 2. The Morgan fingerprint density at radius 2 is 1.75 bits per heavy atom. The first kappa shape index (κ1) is 28.6. The number of nitro groups is 1. The van der Waals surface area contributed by atoms with Crippen molar-refractivity contribution < 1.29 is 27.7 Å². The van der Waals surface area contributed by atoms with Gasteiger partial charge >= 0.3 is 0 Å². The van der Waals surface area contributed by atoms with Gasteiger partial charge in [0.1, 0.15) is 24.0 Å². The lowest BCUT2D eigenvalue weighted by Crippen LogP contribution is -2.53. The van der Waals surface area contributed by atoms with Gasteiger partial charge in [-0.2, -0.15) is 0 Å². The van der Waals surface area contributed by atoms with Crippen molar-refractivity contribution in [1.29, 1.82) is 0 Å². The van der Waals surface area contributed by atoms with Crippen LogP contribution in [0, 0.1) is 10.1 Å². The maximum atomic E-state index is 13.5. The van der Waals surface area contributed by atoms with Crippen LogP contribution in [-0.2, 0) is 26.0 Å². The molecule has 36 heavy (non-hydrogen) atoms. The van der Waals surface area contributed by atoms with E-state index in [-0.39, 0.29) is 35.6 Å². The van der Waals surface area contributed by atoms with Gasteiger partial charge in [0, 0.05) is 24.7 Å². The van der Waals surface area contributed by atoms with Crippen molar-refractivity contribution >= 4 is 33.2 Å². The lowest BCUT2D eigenvalue weighted by Gasteiger charge is -2.32. The van der Waals surface area contributed by atoms with Crippen LogP contribution in [0.2, 0.25) is 0 Å². The molecule has 2 amide bonds. The van der Waals surface area contributed by atoms with Crippen LogP contribution < -0.4 is 14.4 Å². The van der Waals surface area contributed by atoms with Crippen molar-refractivity contribution in [1.82, 2.24) is 10.2 Å². The van der Waals surface area contributed by atoms with Crippen molar-refractivity contribution in [2.24, 2.45) is 0 Å². The molecule has 12 heteroatoms. The molecule has 0 fully saturated rings. The molecule has 0 saturated heterocycles. The molecule has 2 rings (SSSR count). The smallest absolute Gasteiger partial charge is 0.271 e. The average molecular weight is 521 g/mol. The number of nitrogens with zero attached hydrogens (tertiary/aromatic N) is 3. The van der Waals surface area contributed by atoms with Crippen LogP contribution >= 0.6 is 0 Å². The zero-order chi connectivity index (χ0) is 27.0. The molecule has 1 unspecified atom stereocenters. The molecule has 11 nitrogen and oxygen atoms in total. The highest BCUT2D eigenvalue weighted by molar-refractivity contribution is 7.92. The second-order valence-electron chi connectivity index (χ2n) is 8.54. The normalized spacial score (nSPS) is 12.1. The van der Waals surface area contributed by atoms with Gasteiger partial charge in [0.25, 0.3) is 5.69 Å². The number of carbonyl (C=O) groups is 2. The predicted octanol–water partition coefficient (Wildman–Crippen LogP) is 2.35. The van der Waals surface area contributed by atoms with Crippen LogP contribution in [-0.4, -0.2) is 68.6 Å². The summed E-state index contributed by atoms with van der Waals surface area (Å²) in [5.41, 5.74) is 0.425. The van der Waals surface area contributed by atoms with Gasteiger partial charge in [0.05, 0.1) is 18.3 Å². The van der Waals surface area contributed by atoms with E-state index in [1.807, 2.05) is 30.3 Å². The second-order valence-corrected chi connectivity index (χ2v) is 10.5. The highest BCUT2D eigenvalue weighted by atomic mass is 32.2. The topological polar surface area (TPSA) is 139 Å². The molecule has 0 radical (unpaired) electrons. The van der Waals surface area contributed by atoms with E-state index in [4.69, 9.17) is 4.74 Å². The van der Waals surface area contributed by atoms with Crippen molar-refractivity contribution in [2.75, 3.05) is 30.8 Å². The van der Waals surface area contributed by atoms with E-state index in [9.17, 15) is 28.1 Å². The molecule has 0 spiro atoms. The number of methoxy groups -OCH3 is 1. The molecule has 0 aliphatic rings. The van der Waals surface area contributed by atoms with Crippen molar-refractivity contribution in [3.05, 3.63) is 64.2 Å². The summed E-state index contributed by atoms with van der Waals surface area (Å²) in [6.45, 7) is 4.63. The monoisotopic (exact) mass is 520 g/mol. The molecule has 1 N–H and O–H groups in total. The lowest BCUT2D eigenvalue weighted by molar-refractivity contribution is -0.384. The molecule has 196 valence electrons. The number of nitrogens with one attached hydrogen (secondary N) is 1. The molecular formula is C24H32N4O7S. The molecule has 0 aromatic heterocycles. The Bertz CT molecular complexity index is 1190. The number of anilines is 1. The summed E-state index contributed by atoms with van der Waals surface area (Å²) < 4.78 is 31.4. The molecular weight excluding hydrogens is 488 g/mol. The molecule has 1 atom stereocenters. The molecule has 0 bridgehead atoms. The summed E-state index contributed by atoms with van der Waals surface area (Å²) in [7, 11) is -2.78. The fraction of sp³-hybridized carbons (Fsp3) is 0.417. The van der Waals surface area contributed by atoms with E-state index >= 15 is 0 Å². The summed E-state index contributed by atoms with van der Waals surface area (Å²) in [6, 6.07) is 11.8. The third-order valence-corrected chi connectivity index (χ3v) is 6.53. The number of non-ortho nitro benzene ring substituents is 1. The van der Waals surface area contributed by atoms with E-state index in [0.29, 0.717) is 6.42 Å². The Balaban J connectivity index is 2.44. The Labute approximate surface area is 211 Å². The SMILES string of the molecule is COc1ccc([N+](=O)[O-])cc1N(CC(=O)N(CCc1ccccc1)C(C)C(=O)NC(C)C)S(C)(=O)=O. The van der Waals surface area contributed by atoms with E-state index in [1.54, 1.807) is 20.8 Å². The largest absolute Gasteiger partial charge is 0.495 e. The number of benzene rings is 2. The summed E-state index contributed by atoms with van der Waals surface area (Å²) in [4.78, 5) is 38.2. The van der Waals surface area contributed by atoms with Crippen molar-refractivity contribution in [2.45, 2.75) is 39.3 Å². The highest BCUT2D eigenvalue weighted by Gasteiger charge is 2.31. The van der Waals surface area contributed by atoms with Gasteiger partial charge in [-0.3, -0.25) is 24.0 Å². The molecule has 0 heterocycles. The molecule has 0 aliphatic carbocycles. The first-order chi connectivity index (χ1) is 16.8. The minimum Gasteiger partial charge on any atom is -0.495 e. The zero-order valence-corrected chi connectivity index (χ0v) is 21.8. The number of ether oxygens (including phenoxy) is 1. The highest BCUT2D eigenvalue weighted by Crippen LogP contribution is 2.33. The number of sulfonamides is 1. The van der Waals surface area contributed by atoms with Crippen LogP contribution in [0.15, 0.2) is 48.5 Å². The van der Waals surface area contributed by atoms with Gasteiger partial charge in [0.15, 0.2) is 0 Å². The van der Waals surface area contributed by atoms with Crippen LogP contribution in [0.3, 0.4) is 0 Å². The van der Waals surface area contributed by atoms with E-state index in [2.05, 4.69) is 5.32 Å². The number of nitro benzene ring substituents is 1. The number of rotatable bonds is 12.